The van der Waals surface area contributed by atoms with E-state index in [1.807, 2.05) is 0 Å². The SMILES string of the molecule is CC/C=C\C/C=C\C/C=C\C/C=C\CCCCCCC(=O)OC[C@H](COP(=O)(O)OC[C@H](N)C(=O)O)OC(=O)CCCCCCCCCCC/C=C\CCCCCCCC. The number of esters is 2. The van der Waals surface area contributed by atoms with Gasteiger partial charge in [0.05, 0.1) is 13.2 Å². The average Bonchev–Trinajstić information content (AvgIpc) is 3.22. The largest absolute Gasteiger partial charge is 0.480 e. The maximum absolute atomic E-state index is 12.7. The molecular formula is C48H84NO10P. The van der Waals surface area contributed by atoms with E-state index < -0.39 is 51.1 Å². The van der Waals surface area contributed by atoms with Gasteiger partial charge in [0.1, 0.15) is 12.6 Å². The van der Waals surface area contributed by atoms with E-state index in [0.29, 0.717) is 12.8 Å². The van der Waals surface area contributed by atoms with E-state index in [1.54, 1.807) is 0 Å². The molecule has 0 aromatic heterocycles. The fraction of sp³-hybridized carbons (Fsp3) is 0.729. The van der Waals surface area contributed by atoms with Crippen molar-refractivity contribution in [2.45, 2.75) is 206 Å². The second kappa shape index (κ2) is 42.9. The number of phosphoric acid groups is 1. The Morgan fingerprint density at radius 1 is 0.533 bits per heavy atom. The standard InChI is InChI=1S/C48H84NO10P/c1-3-5-7-9-11-13-15-17-19-21-22-24-26-28-30-32-34-36-38-40-47(51)59-44(42-57-60(54,55)58-43-45(49)48(52)53)41-56-46(50)39-37-35-33-31-29-27-25-23-20-18-16-14-12-10-8-6-4-2/h6,8,12,14,17-20,25,27,44-45H,3-5,7,9-11,13,15-16,21-24,26,28-43,49H2,1-2H3,(H,52,53)(H,54,55)/b8-6-,14-12-,19-17-,20-18-,27-25-/t44-,45+/m1/s1. The zero-order valence-electron chi connectivity index (χ0n) is 37.5. The first-order valence-electron chi connectivity index (χ1n) is 23.3. The molecule has 0 radical (unpaired) electrons. The molecule has 0 aliphatic heterocycles. The summed E-state index contributed by atoms with van der Waals surface area (Å²) in [5, 5.41) is 8.90. The van der Waals surface area contributed by atoms with Crippen molar-refractivity contribution in [3.8, 4) is 0 Å². The first-order valence-corrected chi connectivity index (χ1v) is 24.8. The molecule has 3 atom stereocenters. The number of carbonyl (C=O) groups is 3. The second-order valence-electron chi connectivity index (χ2n) is 15.5. The van der Waals surface area contributed by atoms with E-state index in [4.69, 9.17) is 24.8 Å². The van der Waals surface area contributed by atoms with Crippen LogP contribution in [0.1, 0.15) is 194 Å². The third-order valence-electron chi connectivity index (χ3n) is 9.75. The lowest BCUT2D eigenvalue weighted by molar-refractivity contribution is -0.161. The maximum atomic E-state index is 12.7. The molecule has 0 aromatic rings. The van der Waals surface area contributed by atoms with Gasteiger partial charge in [-0.1, -0.05) is 164 Å². The number of carboxylic acid groups (broad SMARTS) is 1. The van der Waals surface area contributed by atoms with Crippen LogP contribution in [0.3, 0.4) is 0 Å². The van der Waals surface area contributed by atoms with Crippen molar-refractivity contribution in [1.29, 1.82) is 0 Å². The number of phosphoric ester groups is 1. The third-order valence-corrected chi connectivity index (χ3v) is 10.7. The van der Waals surface area contributed by atoms with Crippen molar-refractivity contribution in [3.63, 3.8) is 0 Å². The van der Waals surface area contributed by atoms with Crippen LogP contribution in [0.5, 0.6) is 0 Å². The molecule has 4 N–H and O–H groups in total. The van der Waals surface area contributed by atoms with Crippen LogP contribution in [0.15, 0.2) is 60.8 Å². The van der Waals surface area contributed by atoms with Gasteiger partial charge in [0.2, 0.25) is 0 Å². The van der Waals surface area contributed by atoms with Gasteiger partial charge in [0.15, 0.2) is 6.10 Å². The van der Waals surface area contributed by atoms with E-state index in [-0.39, 0.29) is 19.4 Å². The summed E-state index contributed by atoms with van der Waals surface area (Å²) in [4.78, 5) is 46.1. The molecule has 0 saturated carbocycles. The minimum absolute atomic E-state index is 0.151. The summed E-state index contributed by atoms with van der Waals surface area (Å²) in [6, 6.07) is -1.53. The number of ether oxygens (including phenoxy) is 2. The Morgan fingerprint density at radius 2 is 0.933 bits per heavy atom. The van der Waals surface area contributed by atoms with Crippen LogP contribution < -0.4 is 5.73 Å². The third kappa shape index (κ3) is 41.9. The molecule has 12 heteroatoms. The minimum atomic E-state index is -4.73. The van der Waals surface area contributed by atoms with Gasteiger partial charge >= 0.3 is 25.7 Å². The normalized spacial score (nSPS) is 14.2. The molecule has 0 amide bonds. The van der Waals surface area contributed by atoms with Crippen molar-refractivity contribution in [2.75, 3.05) is 19.8 Å². The van der Waals surface area contributed by atoms with E-state index in [0.717, 1.165) is 70.6 Å². The van der Waals surface area contributed by atoms with Crippen LogP contribution in [-0.2, 0) is 37.5 Å². The van der Waals surface area contributed by atoms with Crippen molar-refractivity contribution < 1.29 is 47.5 Å². The highest BCUT2D eigenvalue weighted by Gasteiger charge is 2.28. The van der Waals surface area contributed by atoms with Gasteiger partial charge in [-0.3, -0.25) is 23.4 Å². The van der Waals surface area contributed by atoms with E-state index >= 15 is 0 Å². The summed E-state index contributed by atoms with van der Waals surface area (Å²) in [5.74, 6) is -2.41. The fourth-order valence-corrected chi connectivity index (χ4v) is 6.89. The van der Waals surface area contributed by atoms with Crippen LogP contribution in [0.2, 0.25) is 0 Å². The fourth-order valence-electron chi connectivity index (χ4n) is 6.11. The molecule has 0 aliphatic carbocycles. The van der Waals surface area contributed by atoms with Gasteiger partial charge in [-0.2, -0.15) is 0 Å². The summed E-state index contributed by atoms with van der Waals surface area (Å²) in [7, 11) is -4.73. The van der Waals surface area contributed by atoms with Crippen LogP contribution in [0, 0.1) is 0 Å². The predicted octanol–water partition coefficient (Wildman–Crippen LogP) is 12.7. The molecule has 346 valence electrons. The van der Waals surface area contributed by atoms with Crippen molar-refractivity contribution in [3.05, 3.63) is 60.8 Å². The summed E-state index contributed by atoms with van der Waals surface area (Å²) >= 11 is 0. The monoisotopic (exact) mass is 866 g/mol. The number of aliphatic carboxylic acids is 1. The summed E-state index contributed by atoms with van der Waals surface area (Å²) in [6.45, 7) is 2.67. The van der Waals surface area contributed by atoms with Crippen molar-refractivity contribution in [2.24, 2.45) is 5.73 Å². The number of hydrogen-bond acceptors (Lipinski definition) is 9. The van der Waals surface area contributed by atoms with Crippen molar-refractivity contribution in [1.82, 2.24) is 0 Å². The maximum Gasteiger partial charge on any atom is 0.472 e. The molecule has 0 saturated heterocycles. The van der Waals surface area contributed by atoms with E-state index in [2.05, 4.69) is 79.1 Å². The molecule has 0 aromatic carbocycles. The Bertz CT molecular complexity index is 1250. The van der Waals surface area contributed by atoms with Crippen LogP contribution >= 0.6 is 7.82 Å². The van der Waals surface area contributed by atoms with Gasteiger partial charge in [0.25, 0.3) is 0 Å². The summed E-state index contributed by atoms with van der Waals surface area (Å²) in [5.41, 5.74) is 5.34. The summed E-state index contributed by atoms with van der Waals surface area (Å²) in [6.07, 6.45) is 49.9. The van der Waals surface area contributed by atoms with Gasteiger partial charge in [-0.15, -0.1) is 0 Å². The molecule has 0 bridgehead atoms. The van der Waals surface area contributed by atoms with Crippen LogP contribution in [-0.4, -0.2) is 59.9 Å². The van der Waals surface area contributed by atoms with Crippen LogP contribution in [0.4, 0.5) is 0 Å². The van der Waals surface area contributed by atoms with E-state index in [1.165, 1.54) is 83.5 Å². The molecule has 0 fully saturated rings. The zero-order valence-corrected chi connectivity index (χ0v) is 38.4. The van der Waals surface area contributed by atoms with Crippen molar-refractivity contribution >= 4 is 25.7 Å². The lowest BCUT2D eigenvalue weighted by Crippen LogP contribution is -2.34. The molecule has 11 nitrogen and oxygen atoms in total. The highest BCUT2D eigenvalue weighted by atomic mass is 31.2. The van der Waals surface area contributed by atoms with E-state index in [9.17, 15) is 23.8 Å². The Labute approximate surface area is 364 Å². The topological polar surface area (TPSA) is 172 Å². The highest BCUT2D eigenvalue weighted by Crippen LogP contribution is 2.43. The number of carbonyl (C=O) groups excluding carboxylic acids is 2. The zero-order chi connectivity index (χ0) is 44.2. The minimum Gasteiger partial charge on any atom is -0.480 e. The molecule has 60 heavy (non-hydrogen) atoms. The number of allylic oxidation sites excluding steroid dienone is 10. The van der Waals surface area contributed by atoms with Gasteiger partial charge in [0, 0.05) is 12.8 Å². The Morgan fingerprint density at radius 3 is 1.42 bits per heavy atom. The molecule has 1 unspecified atom stereocenters. The lowest BCUT2D eigenvalue weighted by atomic mass is 10.1. The molecular weight excluding hydrogens is 781 g/mol. The predicted molar refractivity (Wildman–Crippen MR) is 245 cm³/mol. The first kappa shape index (κ1) is 57.2. The Kier molecular flexibility index (Phi) is 40.8. The number of hydrogen-bond donors (Lipinski definition) is 3. The molecule has 0 heterocycles. The number of nitrogens with two attached hydrogens (primary N) is 1. The Hall–Kier alpha value is -2.82. The average molecular weight is 866 g/mol. The second-order valence-corrected chi connectivity index (χ2v) is 17.0. The van der Waals surface area contributed by atoms with Crippen LogP contribution in [0.25, 0.3) is 0 Å². The summed E-state index contributed by atoms with van der Waals surface area (Å²) < 4.78 is 32.7. The lowest BCUT2D eigenvalue weighted by Gasteiger charge is -2.20. The number of rotatable bonds is 43. The quantitative estimate of drug-likeness (QED) is 0.0230. The molecule has 0 spiro atoms. The van der Waals surface area contributed by atoms with Gasteiger partial charge < -0.3 is 25.2 Å². The number of carboxylic acids is 1. The molecule has 0 aliphatic rings. The number of unbranched alkanes of at least 4 members (excludes halogenated alkanes) is 19. The molecule has 0 rings (SSSR count). The highest BCUT2D eigenvalue weighted by molar-refractivity contribution is 7.47. The van der Waals surface area contributed by atoms with Gasteiger partial charge in [-0.25, -0.2) is 4.57 Å². The Balaban J connectivity index is 4.36. The first-order chi connectivity index (χ1) is 29.1. The van der Waals surface area contributed by atoms with Gasteiger partial charge in [-0.05, 0) is 77.0 Å². The smallest absolute Gasteiger partial charge is 0.472 e.